The van der Waals surface area contributed by atoms with Gasteiger partial charge in [0.05, 0.1) is 30.4 Å². The van der Waals surface area contributed by atoms with Gasteiger partial charge in [-0.25, -0.2) is 4.98 Å². The molecule has 0 unspecified atom stereocenters. The van der Waals surface area contributed by atoms with Gasteiger partial charge in [-0.3, -0.25) is 4.79 Å². The summed E-state index contributed by atoms with van der Waals surface area (Å²) in [5, 5.41) is 11.0. The van der Waals surface area contributed by atoms with Crippen LogP contribution >= 0.6 is 0 Å². The minimum absolute atomic E-state index is 0.0295. The van der Waals surface area contributed by atoms with E-state index in [1.165, 1.54) is 0 Å². The summed E-state index contributed by atoms with van der Waals surface area (Å²) in [6.07, 6.45) is -0.403. The number of aryl methyl sites for hydroxylation is 2. The van der Waals surface area contributed by atoms with E-state index >= 15 is 0 Å². The quantitative estimate of drug-likeness (QED) is 0.394. The Labute approximate surface area is 210 Å². The van der Waals surface area contributed by atoms with Gasteiger partial charge >= 0.3 is 0 Å². The Balaban J connectivity index is 1.39. The molecule has 0 saturated carbocycles. The number of ether oxygens (including phenoxy) is 2. The highest BCUT2D eigenvalue weighted by Crippen LogP contribution is 2.37. The topological polar surface area (TPSA) is 76.8 Å². The molecule has 1 amide bonds. The molecule has 0 radical (unpaired) electrons. The number of para-hydroxylation sites is 4. The molecule has 2 atom stereocenters. The van der Waals surface area contributed by atoms with Crippen LogP contribution in [0.15, 0.2) is 66.7 Å². The van der Waals surface area contributed by atoms with Crippen molar-refractivity contribution in [2.75, 3.05) is 25.2 Å². The lowest BCUT2D eigenvalue weighted by Gasteiger charge is -2.20. The van der Waals surface area contributed by atoms with E-state index < -0.39 is 6.10 Å². The lowest BCUT2D eigenvalue weighted by atomic mass is 10.1. The Kier molecular flexibility index (Phi) is 6.65. The Morgan fingerprint density at radius 3 is 2.67 bits per heavy atom. The highest BCUT2D eigenvalue weighted by molar-refractivity contribution is 5.97. The number of aromatic nitrogens is 2. The van der Waals surface area contributed by atoms with Crippen molar-refractivity contribution in [3.05, 3.63) is 83.7 Å². The average molecular weight is 486 g/mol. The number of benzene rings is 3. The van der Waals surface area contributed by atoms with Crippen LogP contribution < -0.4 is 14.4 Å². The van der Waals surface area contributed by atoms with Crippen molar-refractivity contribution in [3.63, 3.8) is 0 Å². The van der Waals surface area contributed by atoms with Crippen molar-refractivity contribution >= 4 is 22.6 Å². The fraction of sp³-hybridized carbons (Fsp3) is 0.310. The zero-order chi connectivity index (χ0) is 25.2. The summed E-state index contributed by atoms with van der Waals surface area (Å²) in [7, 11) is 1.61. The number of rotatable bonds is 8. The van der Waals surface area contributed by atoms with Crippen molar-refractivity contribution in [1.82, 2.24) is 9.55 Å². The minimum Gasteiger partial charge on any atom is -0.495 e. The van der Waals surface area contributed by atoms with Crippen LogP contribution in [0.3, 0.4) is 0 Å². The van der Waals surface area contributed by atoms with E-state index in [0.717, 1.165) is 39.4 Å². The first-order valence-corrected chi connectivity index (χ1v) is 12.2. The van der Waals surface area contributed by atoms with Gasteiger partial charge in [0.1, 0.15) is 30.0 Å². The number of imidazole rings is 1. The van der Waals surface area contributed by atoms with E-state index in [9.17, 15) is 9.90 Å². The minimum atomic E-state index is -0.747. The van der Waals surface area contributed by atoms with Gasteiger partial charge in [0.25, 0.3) is 0 Å². The lowest BCUT2D eigenvalue weighted by molar-refractivity contribution is -0.117. The van der Waals surface area contributed by atoms with Gasteiger partial charge in [-0.1, -0.05) is 36.4 Å². The molecular weight excluding hydrogens is 454 g/mol. The second-order valence-corrected chi connectivity index (χ2v) is 9.38. The van der Waals surface area contributed by atoms with Crippen LogP contribution in [0.4, 0.5) is 5.69 Å². The number of nitrogens with zero attached hydrogens (tertiary/aromatic N) is 3. The number of hydrogen-bond acceptors (Lipinski definition) is 5. The number of fused-ring (bicyclic) bond motifs is 1. The molecule has 3 aromatic carbocycles. The van der Waals surface area contributed by atoms with Gasteiger partial charge in [0.2, 0.25) is 5.91 Å². The lowest BCUT2D eigenvalue weighted by Crippen LogP contribution is -2.27. The van der Waals surface area contributed by atoms with Crippen molar-refractivity contribution in [3.8, 4) is 11.5 Å². The van der Waals surface area contributed by atoms with Gasteiger partial charge in [-0.05, 0) is 55.3 Å². The first-order chi connectivity index (χ1) is 17.4. The predicted molar refractivity (Wildman–Crippen MR) is 140 cm³/mol. The summed E-state index contributed by atoms with van der Waals surface area (Å²) < 4.78 is 13.5. The van der Waals surface area contributed by atoms with Crippen molar-refractivity contribution < 1.29 is 19.4 Å². The van der Waals surface area contributed by atoms with Gasteiger partial charge in [-0.15, -0.1) is 0 Å². The summed E-state index contributed by atoms with van der Waals surface area (Å²) in [4.78, 5) is 19.7. The fourth-order valence-electron chi connectivity index (χ4n) is 4.88. The standard InChI is InChI=1S/C29H31N3O4/c1-19-12-13-20(2)27(14-19)36-18-22(33)17-32-24-9-5-4-8-23(24)30-29(32)21-15-28(34)31(16-21)25-10-6-7-11-26(25)35-3/h4-14,21-22,33H,15-18H2,1-3H3/t21-,22+/m1/s1. The third-order valence-electron chi connectivity index (χ3n) is 6.72. The Morgan fingerprint density at radius 1 is 1.06 bits per heavy atom. The van der Waals surface area contributed by atoms with E-state index in [1.54, 1.807) is 12.0 Å². The first-order valence-electron chi connectivity index (χ1n) is 12.2. The number of aliphatic hydroxyl groups excluding tert-OH is 1. The largest absolute Gasteiger partial charge is 0.495 e. The van der Waals surface area contributed by atoms with Crippen LogP contribution in [0.25, 0.3) is 11.0 Å². The van der Waals surface area contributed by atoms with Crippen LogP contribution in [0.2, 0.25) is 0 Å². The smallest absolute Gasteiger partial charge is 0.227 e. The maximum Gasteiger partial charge on any atom is 0.227 e. The number of aliphatic hydroxyl groups is 1. The fourth-order valence-corrected chi connectivity index (χ4v) is 4.88. The zero-order valence-corrected chi connectivity index (χ0v) is 20.8. The molecule has 0 spiro atoms. The third-order valence-corrected chi connectivity index (χ3v) is 6.72. The summed E-state index contributed by atoms with van der Waals surface area (Å²) >= 11 is 0. The van der Waals surface area contributed by atoms with Crippen LogP contribution in [0.1, 0.15) is 29.3 Å². The van der Waals surface area contributed by atoms with Gasteiger partial charge in [-0.2, -0.15) is 0 Å². The highest BCUT2D eigenvalue weighted by atomic mass is 16.5. The van der Waals surface area contributed by atoms with Crippen LogP contribution in [-0.2, 0) is 11.3 Å². The number of amides is 1. The number of anilines is 1. The second kappa shape index (κ2) is 10.0. The molecule has 7 heteroatoms. The summed E-state index contributed by atoms with van der Waals surface area (Å²) in [6, 6.07) is 21.5. The zero-order valence-electron chi connectivity index (χ0n) is 20.8. The van der Waals surface area contributed by atoms with Crippen LogP contribution in [0.5, 0.6) is 11.5 Å². The normalized spacial score (nSPS) is 16.5. The third kappa shape index (κ3) is 4.66. The molecule has 36 heavy (non-hydrogen) atoms. The van der Waals surface area contributed by atoms with Crippen LogP contribution in [0, 0.1) is 13.8 Å². The molecular formula is C29H31N3O4. The van der Waals surface area contributed by atoms with Gasteiger partial charge in [0.15, 0.2) is 0 Å². The summed E-state index contributed by atoms with van der Waals surface area (Å²) in [5.41, 5.74) is 4.68. The number of carbonyl (C=O) groups is 1. The Bertz CT molecular complexity index is 1400. The second-order valence-electron chi connectivity index (χ2n) is 9.38. The molecule has 1 saturated heterocycles. The van der Waals surface area contributed by atoms with Gasteiger partial charge in [0, 0.05) is 18.9 Å². The van der Waals surface area contributed by atoms with E-state index in [0.29, 0.717) is 25.3 Å². The molecule has 186 valence electrons. The molecule has 1 fully saturated rings. The maximum absolute atomic E-state index is 13.1. The van der Waals surface area contributed by atoms with E-state index in [1.807, 2.05) is 85.1 Å². The first kappa shape index (κ1) is 23.9. The maximum atomic E-state index is 13.1. The van der Waals surface area contributed by atoms with E-state index in [-0.39, 0.29) is 18.4 Å². The molecule has 2 heterocycles. The molecule has 1 aliphatic rings. The molecule has 1 aliphatic heterocycles. The number of methoxy groups -OCH3 is 1. The molecule has 5 rings (SSSR count). The Hall–Kier alpha value is -3.84. The number of hydrogen-bond donors (Lipinski definition) is 1. The monoisotopic (exact) mass is 485 g/mol. The van der Waals surface area contributed by atoms with E-state index in [4.69, 9.17) is 14.5 Å². The molecule has 0 aliphatic carbocycles. The number of carbonyl (C=O) groups excluding carboxylic acids is 1. The van der Waals surface area contributed by atoms with Crippen molar-refractivity contribution in [2.24, 2.45) is 0 Å². The van der Waals surface area contributed by atoms with Gasteiger partial charge < -0.3 is 24.0 Å². The average Bonchev–Trinajstić information content (AvgIpc) is 3.45. The van der Waals surface area contributed by atoms with Crippen molar-refractivity contribution in [2.45, 2.75) is 38.8 Å². The summed E-state index contributed by atoms with van der Waals surface area (Å²) in [6.45, 7) is 4.99. The van der Waals surface area contributed by atoms with E-state index in [2.05, 4.69) is 0 Å². The predicted octanol–water partition coefficient (Wildman–Crippen LogP) is 4.62. The molecule has 4 aromatic rings. The molecule has 1 aromatic heterocycles. The Morgan fingerprint density at radius 2 is 1.83 bits per heavy atom. The SMILES string of the molecule is COc1ccccc1N1C[C@H](c2nc3ccccc3n2C[C@H](O)COc2cc(C)ccc2C)CC1=O. The van der Waals surface area contributed by atoms with Crippen molar-refractivity contribution in [1.29, 1.82) is 0 Å². The molecule has 1 N–H and O–H groups in total. The highest BCUT2D eigenvalue weighted by Gasteiger charge is 2.36. The molecule has 0 bridgehead atoms. The van der Waals surface area contributed by atoms with Crippen LogP contribution in [-0.4, -0.2) is 46.9 Å². The molecule has 7 nitrogen and oxygen atoms in total. The summed E-state index contributed by atoms with van der Waals surface area (Å²) in [5.74, 6) is 2.16.